The van der Waals surface area contributed by atoms with E-state index in [2.05, 4.69) is 19.1 Å². The molecular formula is C16H17ClOS. The van der Waals surface area contributed by atoms with E-state index in [1.54, 1.807) is 11.8 Å². The standard InChI is InChI=1S/C16H17ClOS/c1-2-12-4-3-5-13(10-12)16(18)11-19-15-8-6-14(17)7-9-15/h3-10,16,18H,2,11H2,1H3. The molecule has 1 unspecified atom stereocenters. The summed E-state index contributed by atoms with van der Waals surface area (Å²) >= 11 is 7.48. The summed E-state index contributed by atoms with van der Waals surface area (Å²) in [4.78, 5) is 1.12. The molecule has 0 aliphatic rings. The Morgan fingerprint density at radius 2 is 1.89 bits per heavy atom. The van der Waals surface area contributed by atoms with Crippen molar-refractivity contribution in [3.63, 3.8) is 0 Å². The van der Waals surface area contributed by atoms with Gasteiger partial charge in [-0.15, -0.1) is 11.8 Å². The number of benzene rings is 2. The summed E-state index contributed by atoms with van der Waals surface area (Å²) in [7, 11) is 0. The van der Waals surface area contributed by atoms with Crippen LogP contribution in [0.2, 0.25) is 5.02 Å². The number of aryl methyl sites for hydroxylation is 1. The van der Waals surface area contributed by atoms with Crippen molar-refractivity contribution in [3.8, 4) is 0 Å². The molecule has 3 heteroatoms. The zero-order valence-corrected chi connectivity index (χ0v) is 12.4. The summed E-state index contributed by atoms with van der Waals surface area (Å²) in [6.45, 7) is 2.12. The summed E-state index contributed by atoms with van der Waals surface area (Å²) in [5.41, 5.74) is 2.24. The second kappa shape index (κ2) is 6.99. The molecule has 1 N–H and O–H groups in total. The molecule has 19 heavy (non-hydrogen) atoms. The van der Waals surface area contributed by atoms with E-state index in [-0.39, 0.29) is 0 Å². The predicted molar refractivity (Wildman–Crippen MR) is 83.0 cm³/mol. The smallest absolute Gasteiger partial charge is 0.0884 e. The Kier molecular flexibility index (Phi) is 5.32. The van der Waals surface area contributed by atoms with Crippen LogP contribution in [0.15, 0.2) is 53.4 Å². The van der Waals surface area contributed by atoms with Crippen LogP contribution in [-0.2, 0) is 6.42 Å². The zero-order chi connectivity index (χ0) is 13.7. The van der Waals surface area contributed by atoms with Gasteiger partial charge in [-0.1, -0.05) is 42.8 Å². The number of hydrogen-bond acceptors (Lipinski definition) is 2. The third kappa shape index (κ3) is 4.27. The van der Waals surface area contributed by atoms with E-state index in [9.17, 15) is 5.11 Å². The van der Waals surface area contributed by atoms with Crippen LogP contribution in [-0.4, -0.2) is 10.9 Å². The summed E-state index contributed by atoms with van der Waals surface area (Å²) < 4.78 is 0. The lowest BCUT2D eigenvalue weighted by atomic mass is 10.1. The average molecular weight is 293 g/mol. The van der Waals surface area contributed by atoms with Gasteiger partial charge in [0.05, 0.1) is 6.10 Å². The van der Waals surface area contributed by atoms with Crippen LogP contribution in [0, 0.1) is 0 Å². The maximum absolute atomic E-state index is 10.2. The monoisotopic (exact) mass is 292 g/mol. The van der Waals surface area contributed by atoms with Gasteiger partial charge in [0.1, 0.15) is 0 Å². The molecule has 0 heterocycles. The number of thioether (sulfide) groups is 1. The molecule has 2 aromatic rings. The van der Waals surface area contributed by atoms with Gasteiger partial charge in [-0.25, -0.2) is 0 Å². The lowest BCUT2D eigenvalue weighted by molar-refractivity contribution is 0.204. The first kappa shape index (κ1) is 14.4. The molecule has 1 nitrogen and oxygen atoms in total. The molecule has 0 saturated carbocycles. The van der Waals surface area contributed by atoms with E-state index in [1.807, 2.05) is 36.4 Å². The van der Waals surface area contributed by atoms with E-state index in [0.717, 1.165) is 21.9 Å². The second-order valence-electron chi connectivity index (χ2n) is 4.38. The largest absolute Gasteiger partial charge is 0.388 e. The molecular weight excluding hydrogens is 276 g/mol. The Morgan fingerprint density at radius 3 is 2.58 bits per heavy atom. The average Bonchev–Trinajstić information content (AvgIpc) is 2.46. The predicted octanol–water partition coefficient (Wildman–Crippen LogP) is 4.73. The lowest BCUT2D eigenvalue weighted by Crippen LogP contribution is -2.01. The Labute approximate surface area is 123 Å². The number of aliphatic hydroxyl groups excluding tert-OH is 1. The van der Waals surface area contributed by atoms with Gasteiger partial charge in [0.2, 0.25) is 0 Å². The molecule has 1 atom stereocenters. The molecule has 0 saturated heterocycles. The normalized spacial score (nSPS) is 12.4. The Hall–Kier alpha value is -0.960. The van der Waals surface area contributed by atoms with E-state index in [1.165, 1.54) is 5.56 Å². The highest BCUT2D eigenvalue weighted by atomic mass is 35.5. The Morgan fingerprint density at radius 1 is 1.16 bits per heavy atom. The first-order valence-corrected chi connectivity index (χ1v) is 7.70. The minimum Gasteiger partial charge on any atom is -0.388 e. The number of halogens is 1. The Bertz CT molecular complexity index is 525. The number of aliphatic hydroxyl groups is 1. The third-order valence-electron chi connectivity index (χ3n) is 2.97. The quantitative estimate of drug-likeness (QED) is 0.804. The molecule has 0 fully saturated rings. The topological polar surface area (TPSA) is 20.2 Å². The van der Waals surface area contributed by atoms with Crippen molar-refractivity contribution >= 4 is 23.4 Å². The van der Waals surface area contributed by atoms with Gasteiger partial charge in [-0.2, -0.15) is 0 Å². The summed E-state index contributed by atoms with van der Waals surface area (Å²) in [6, 6.07) is 15.8. The molecule has 2 rings (SSSR count). The minimum absolute atomic E-state index is 0.438. The third-order valence-corrected chi connectivity index (χ3v) is 4.31. The van der Waals surface area contributed by atoms with E-state index in [4.69, 9.17) is 11.6 Å². The van der Waals surface area contributed by atoms with Crippen LogP contribution in [0.25, 0.3) is 0 Å². The van der Waals surface area contributed by atoms with E-state index < -0.39 is 6.10 Å². The summed E-state index contributed by atoms with van der Waals surface area (Å²) in [5, 5.41) is 10.9. The van der Waals surface area contributed by atoms with Gasteiger partial charge in [-0.3, -0.25) is 0 Å². The maximum Gasteiger partial charge on any atom is 0.0884 e. The Balaban J connectivity index is 1.96. The highest BCUT2D eigenvalue weighted by molar-refractivity contribution is 7.99. The maximum atomic E-state index is 10.2. The van der Waals surface area contributed by atoms with Crippen LogP contribution < -0.4 is 0 Å². The van der Waals surface area contributed by atoms with Crippen molar-refractivity contribution in [2.75, 3.05) is 5.75 Å². The minimum atomic E-state index is -0.438. The highest BCUT2D eigenvalue weighted by Crippen LogP contribution is 2.26. The van der Waals surface area contributed by atoms with Crippen LogP contribution in [0.3, 0.4) is 0 Å². The van der Waals surface area contributed by atoms with Crippen molar-refractivity contribution < 1.29 is 5.11 Å². The lowest BCUT2D eigenvalue weighted by Gasteiger charge is -2.12. The van der Waals surface area contributed by atoms with Crippen molar-refractivity contribution in [2.45, 2.75) is 24.3 Å². The first-order valence-electron chi connectivity index (χ1n) is 6.34. The van der Waals surface area contributed by atoms with Crippen molar-refractivity contribution in [3.05, 3.63) is 64.7 Å². The fourth-order valence-electron chi connectivity index (χ4n) is 1.82. The molecule has 0 amide bonds. The SMILES string of the molecule is CCc1cccc(C(O)CSc2ccc(Cl)cc2)c1. The zero-order valence-electron chi connectivity index (χ0n) is 10.8. The molecule has 0 radical (unpaired) electrons. The van der Waals surface area contributed by atoms with Crippen LogP contribution in [0.1, 0.15) is 24.2 Å². The fourth-order valence-corrected chi connectivity index (χ4v) is 2.82. The van der Waals surface area contributed by atoms with Crippen LogP contribution in [0.5, 0.6) is 0 Å². The van der Waals surface area contributed by atoms with Gasteiger partial charge >= 0.3 is 0 Å². The van der Waals surface area contributed by atoms with Crippen LogP contribution >= 0.6 is 23.4 Å². The van der Waals surface area contributed by atoms with Gasteiger partial charge in [-0.05, 0) is 41.8 Å². The number of rotatable bonds is 5. The molecule has 100 valence electrons. The van der Waals surface area contributed by atoms with Crippen molar-refractivity contribution in [1.29, 1.82) is 0 Å². The molecule has 0 aliphatic heterocycles. The van der Waals surface area contributed by atoms with Gasteiger partial charge in [0, 0.05) is 15.7 Å². The highest BCUT2D eigenvalue weighted by Gasteiger charge is 2.08. The van der Waals surface area contributed by atoms with Gasteiger partial charge in [0.25, 0.3) is 0 Å². The van der Waals surface area contributed by atoms with Gasteiger partial charge in [0.15, 0.2) is 0 Å². The van der Waals surface area contributed by atoms with Crippen molar-refractivity contribution in [1.82, 2.24) is 0 Å². The second-order valence-corrected chi connectivity index (χ2v) is 5.91. The van der Waals surface area contributed by atoms with Gasteiger partial charge < -0.3 is 5.11 Å². The molecule has 0 aliphatic carbocycles. The van der Waals surface area contributed by atoms with Crippen molar-refractivity contribution in [2.24, 2.45) is 0 Å². The molecule has 0 bridgehead atoms. The molecule has 0 spiro atoms. The number of hydrogen-bond donors (Lipinski definition) is 1. The first-order chi connectivity index (χ1) is 9.19. The van der Waals surface area contributed by atoms with E-state index in [0.29, 0.717) is 5.75 Å². The molecule has 0 aromatic heterocycles. The summed E-state index contributed by atoms with van der Waals surface area (Å²) in [5.74, 6) is 0.648. The molecule has 2 aromatic carbocycles. The van der Waals surface area contributed by atoms with Crippen LogP contribution in [0.4, 0.5) is 0 Å². The van der Waals surface area contributed by atoms with E-state index >= 15 is 0 Å². The fraction of sp³-hybridized carbons (Fsp3) is 0.250. The summed E-state index contributed by atoms with van der Waals surface area (Å²) in [6.07, 6.45) is 0.553.